The molecule has 0 spiro atoms. The summed E-state index contributed by atoms with van der Waals surface area (Å²) >= 11 is 1.95. The molecule has 1 heterocycles. The summed E-state index contributed by atoms with van der Waals surface area (Å²) in [5, 5.41) is 13.4. The van der Waals surface area contributed by atoms with Crippen LogP contribution in [0.2, 0.25) is 0 Å². The van der Waals surface area contributed by atoms with Crippen molar-refractivity contribution in [3.63, 3.8) is 0 Å². The molecule has 1 amide bonds. The second-order valence-corrected chi connectivity index (χ2v) is 5.10. The molecule has 108 valence electrons. The number of non-ortho nitro benzene ring substituents is 1. The van der Waals surface area contributed by atoms with Gasteiger partial charge in [0.15, 0.2) is 0 Å². The second-order valence-electron chi connectivity index (χ2n) is 3.94. The Kier molecular flexibility index (Phi) is 4.68. The summed E-state index contributed by atoms with van der Waals surface area (Å²) in [6.45, 7) is 0. The minimum atomic E-state index is -0.544. The van der Waals surface area contributed by atoms with E-state index in [4.69, 9.17) is 4.74 Å². The lowest BCUT2D eigenvalue weighted by Crippen LogP contribution is -2.14. The summed E-state index contributed by atoms with van der Waals surface area (Å²) in [4.78, 5) is 26.5. The predicted octanol–water partition coefficient (Wildman–Crippen LogP) is 2.86. The smallest absolute Gasteiger partial charge is 0.270 e. The molecule has 0 aliphatic carbocycles. The fourth-order valence-corrected chi connectivity index (χ4v) is 2.22. The molecule has 2 rings (SSSR count). The molecule has 0 unspecified atom stereocenters. The maximum Gasteiger partial charge on any atom is 0.270 e. The molecule has 0 aliphatic rings. The number of benzene rings is 1. The SMILES string of the molecule is COc1ncccc1NC(=O)c1cc([N+](=O)[O-])ccc1I. The first-order chi connectivity index (χ1) is 10.0. The van der Waals surface area contributed by atoms with E-state index in [1.54, 1.807) is 12.1 Å². The Hall–Kier alpha value is -2.23. The van der Waals surface area contributed by atoms with Gasteiger partial charge in [0.25, 0.3) is 11.6 Å². The van der Waals surface area contributed by atoms with Gasteiger partial charge in [-0.2, -0.15) is 0 Å². The fraction of sp³-hybridized carbons (Fsp3) is 0.0769. The third-order valence-electron chi connectivity index (χ3n) is 2.62. The number of nitro benzene ring substituents is 1. The van der Waals surface area contributed by atoms with Crippen LogP contribution in [0.15, 0.2) is 36.5 Å². The van der Waals surface area contributed by atoms with Crippen LogP contribution in [-0.4, -0.2) is 22.9 Å². The number of pyridine rings is 1. The zero-order valence-electron chi connectivity index (χ0n) is 10.9. The number of aromatic nitrogens is 1. The Morgan fingerprint density at radius 1 is 1.43 bits per heavy atom. The minimum absolute atomic E-state index is 0.140. The van der Waals surface area contributed by atoms with Crippen molar-refractivity contribution in [2.45, 2.75) is 0 Å². The van der Waals surface area contributed by atoms with Crippen LogP contribution in [0.1, 0.15) is 10.4 Å². The molecule has 0 fully saturated rings. The third-order valence-corrected chi connectivity index (χ3v) is 3.56. The Morgan fingerprint density at radius 2 is 2.19 bits per heavy atom. The van der Waals surface area contributed by atoms with Crippen LogP contribution in [0.3, 0.4) is 0 Å². The minimum Gasteiger partial charge on any atom is -0.480 e. The Balaban J connectivity index is 2.32. The number of nitrogens with zero attached hydrogens (tertiary/aromatic N) is 2. The van der Waals surface area contributed by atoms with Crippen LogP contribution < -0.4 is 10.1 Å². The van der Waals surface area contributed by atoms with Gasteiger partial charge >= 0.3 is 0 Å². The highest BCUT2D eigenvalue weighted by Crippen LogP contribution is 2.24. The summed E-state index contributed by atoms with van der Waals surface area (Å²) in [5.41, 5.74) is 0.474. The molecule has 1 aromatic heterocycles. The number of anilines is 1. The number of amides is 1. The first-order valence-corrected chi connectivity index (χ1v) is 6.85. The van der Waals surface area contributed by atoms with Gasteiger partial charge in [-0.25, -0.2) is 4.98 Å². The maximum atomic E-state index is 12.3. The van der Waals surface area contributed by atoms with Crippen LogP contribution in [-0.2, 0) is 0 Å². The Morgan fingerprint density at radius 3 is 2.86 bits per heavy atom. The second kappa shape index (κ2) is 6.48. The Bertz CT molecular complexity index is 706. The highest BCUT2D eigenvalue weighted by atomic mass is 127. The molecule has 0 aliphatic heterocycles. The number of halogens is 1. The van der Waals surface area contributed by atoms with Crippen LogP contribution in [0.4, 0.5) is 11.4 Å². The molecule has 0 bridgehead atoms. The van der Waals surface area contributed by atoms with Gasteiger partial charge in [-0.05, 0) is 40.8 Å². The first-order valence-electron chi connectivity index (χ1n) is 5.77. The monoisotopic (exact) mass is 399 g/mol. The molecular weight excluding hydrogens is 389 g/mol. The van der Waals surface area contributed by atoms with E-state index in [1.165, 1.54) is 31.5 Å². The fourth-order valence-electron chi connectivity index (χ4n) is 1.64. The molecular formula is C13H10IN3O4. The molecule has 1 aromatic carbocycles. The average molecular weight is 399 g/mol. The number of carbonyl (C=O) groups is 1. The number of rotatable bonds is 4. The lowest BCUT2D eigenvalue weighted by Gasteiger charge is -2.09. The number of nitrogens with one attached hydrogen (secondary N) is 1. The van der Waals surface area contributed by atoms with E-state index < -0.39 is 10.8 Å². The van der Waals surface area contributed by atoms with E-state index in [2.05, 4.69) is 10.3 Å². The topological polar surface area (TPSA) is 94.4 Å². The van der Waals surface area contributed by atoms with Crippen molar-refractivity contribution in [3.8, 4) is 5.88 Å². The van der Waals surface area contributed by atoms with E-state index in [0.29, 0.717) is 9.26 Å². The lowest BCUT2D eigenvalue weighted by atomic mass is 10.2. The Labute approximate surface area is 133 Å². The summed E-state index contributed by atoms with van der Waals surface area (Å²) < 4.78 is 5.65. The molecule has 2 aromatic rings. The largest absolute Gasteiger partial charge is 0.480 e. The summed E-state index contributed by atoms with van der Waals surface area (Å²) in [6.07, 6.45) is 1.53. The van der Waals surface area contributed by atoms with Crippen molar-refractivity contribution in [1.29, 1.82) is 0 Å². The van der Waals surface area contributed by atoms with E-state index in [0.717, 1.165) is 0 Å². The molecule has 0 radical (unpaired) electrons. The van der Waals surface area contributed by atoms with Crippen LogP contribution in [0.5, 0.6) is 5.88 Å². The number of methoxy groups -OCH3 is 1. The zero-order valence-corrected chi connectivity index (χ0v) is 13.0. The number of nitro groups is 1. The predicted molar refractivity (Wildman–Crippen MR) is 84.6 cm³/mol. The van der Waals surface area contributed by atoms with Gasteiger partial charge in [0, 0.05) is 21.9 Å². The molecule has 0 atom stereocenters. The van der Waals surface area contributed by atoms with Gasteiger partial charge in [0.05, 0.1) is 17.6 Å². The van der Waals surface area contributed by atoms with E-state index >= 15 is 0 Å². The zero-order chi connectivity index (χ0) is 15.4. The summed E-state index contributed by atoms with van der Waals surface area (Å²) in [5.74, 6) is -0.194. The molecule has 0 saturated carbocycles. The van der Waals surface area contributed by atoms with Gasteiger partial charge in [0.1, 0.15) is 5.69 Å². The van der Waals surface area contributed by atoms with Crippen molar-refractivity contribution >= 4 is 39.9 Å². The van der Waals surface area contributed by atoms with Gasteiger partial charge in [-0.1, -0.05) is 0 Å². The molecule has 21 heavy (non-hydrogen) atoms. The van der Waals surface area contributed by atoms with E-state index in [1.807, 2.05) is 22.6 Å². The number of carbonyl (C=O) groups excluding carboxylic acids is 1. The van der Waals surface area contributed by atoms with Gasteiger partial charge in [-0.3, -0.25) is 14.9 Å². The number of hydrogen-bond donors (Lipinski definition) is 1. The summed E-state index contributed by atoms with van der Waals surface area (Å²) in [6, 6.07) is 7.39. The number of hydrogen-bond acceptors (Lipinski definition) is 5. The third kappa shape index (κ3) is 3.45. The molecule has 1 N–H and O–H groups in total. The van der Waals surface area contributed by atoms with E-state index in [-0.39, 0.29) is 17.1 Å². The van der Waals surface area contributed by atoms with Crippen molar-refractivity contribution in [1.82, 2.24) is 4.98 Å². The van der Waals surface area contributed by atoms with Crippen LogP contribution in [0.25, 0.3) is 0 Å². The lowest BCUT2D eigenvalue weighted by molar-refractivity contribution is -0.384. The average Bonchev–Trinajstić information content (AvgIpc) is 2.47. The van der Waals surface area contributed by atoms with Gasteiger partial charge in [-0.15, -0.1) is 0 Å². The van der Waals surface area contributed by atoms with Crippen molar-refractivity contribution in [2.75, 3.05) is 12.4 Å². The molecule has 0 saturated heterocycles. The summed E-state index contributed by atoms with van der Waals surface area (Å²) in [7, 11) is 1.44. The van der Waals surface area contributed by atoms with Gasteiger partial charge in [0.2, 0.25) is 5.88 Å². The van der Waals surface area contributed by atoms with Crippen LogP contribution in [0, 0.1) is 13.7 Å². The highest BCUT2D eigenvalue weighted by molar-refractivity contribution is 14.1. The first kappa shape index (κ1) is 15.2. The molecule has 8 heteroatoms. The van der Waals surface area contributed by atoms with Gasteiger partial charge < -0.3 is 10.1 Å². The van der Waals surface area contributed by atoms with Crippen molar-refractivity contribution in [3.05, 3.63) is 55.8 Å². The van der Waals surface area contributed by atoms with Crippen molar-refractivity contribution in [2.24, 2.45) is 0 Å². The maximum absolute atomic E-state index is 12.3. The highest BCUT2D eigenvalue weighted by Gasteiger charge is 2.17. The number of ether oxygens (including phenoxy) is 1. The van der Waals surface area contributed by atoms with E-state index in [9.17, 15) is 14.9 Å². The standard InChI is InChI=1S/C13H10IN3O4/c1-21-13-11(3-2-6-15-13)16-12(18)9-7-8(17(19)20)4-5-10(9)14/h2-7H,1H3,(H,16,18). The quantitative estimate of drug-likeness (QED) is 0.485. The molecule has 7 nitrogen and oxygen atoms in total. The van der Waals surface area contributed by atoms with Crippen molar-refractivity contribution < 1.29 is 14.5 Å². The normalized spacial score (nSPS) is 10.0. The van der Waals surface area contributed by atoms with Crippen LogP contribution >= 0.6 is 22.6 Å².